The first kappa shape index (κ1) is 12.4. The van der Waals surface area contributed by atoms with E-state index in [1.807, 2.05) is 23.1 Å². The molecule has 0 saturated carbocycles. The highest BCUT2D eigenvalue weighted by Gasteiger charge is 2.18. The molecule has 0 atom stereocenters. The minimum Gasteiger partial charge on any atom is -0.398 e. The molecule has 0 spiro atoms. The van der Waals surface area contributed by atoms with E-state index in [9.17, 15) is 4.79 Å². The van der Waals surface area contributed by atoms with Gasteiger partial charge in [-0.05, 0) is 18.2 Å². The second-order valence-electron chi connectivity index (χ2n) is 4.45. The number of anilines is 2. The molecular formula is C13H18N4O. The fourth-order valence-corrected chi connectivity index (χ4v) is 2.16. The lowest BCUT2D eigenvalue weighted by molar-refractivity contribution is -0.129. The third-order valence-electron chi connectivity index (χ3n) is 3.32. The standard InChI is InChI=1S/C13H18N4O/c1-10(18)16-4-6-17(7-5-16)12-2-3-13(15)11(8-12)9-14/h2-3,8-9,14H,4-7,15H2,1H3. The van der Waals surface area contributed by atoms with Gasteiger partial charge in [-0.3, -0.25) is 4.79 Å². The number of nitrogens with one attached hydrogen (secondary N) is 1. The Morgan fingerprint density at radius 2 is 2.00 bits per heavy atom. The molecule has 1 saturated heterocycles. The summed E-state index contributed by atoms with van der Waals surface area (Å²) in [4.78, 5) is 15.3. The van der Waals surface area contributed by atoms with Crippen molar-refractivity contribution in [2.75, 3.05) is 36.8 Å². The smallest absolute Gasteiger partial charge is 0.219 e. The number of hydrogen-bond acceptors (Lipinski definition) is 4. The van der Waals surface area contributed by atoms with E-state index < -0.39 is 0 Å². The van der Waals surface area contributed by atoms with E-state index in [0.717, 1.165) is 37.4 Å². The summed E-state index contributed by atoms with van der Waals surface area (Å²) in [6, 6.07) is 5.71. The van der Waals surface area contributed by atoms with Gasteiger partial charge in [-0.25, -0.2) is 0 Å². The molecule has 0 aromatic heterocycles. The van der Waals surface area contributed by atoms with Crippen molar-refractivity contribution in [2.45, 2.75) is 6.92 Å². The second kappa shape index (κ2) is 5.08. The summed E-state index contributed by atoms with van der Waals surface area (Å²) in [6.45, 7) is 4.74. The van der Waals surface area contributed by atoms with Gasteiger partial charge >= 0.3 is 0 Å². The number of piperazine rings is 1. The summed E-state index contributed by atoms with van der Waals surface area (Å²) in [7, 11) is 0. The molecule has 1 aromatic rings. The van der Waals surface area contributed by atoms with Gasteiger partial charge in [0.2, 0.25) is 5.91 Å². The number of carbonyl (C=O) groups excluding carboxylic acids is 1. The lowest BCUT2D eigenvalue weighted by Crippen LogP contribution is -2.48. The minimum absolute atomic E-state index is 0.132. The molecule has 3 N–H and O–H groups in total. The molecule has 2 rings (SSSR count). The van der Waals surface area contributed by atoms with Crippen LogP contribution in [0, 0.1) is 5.41 Å². The van der Waals surface area contributed by atoms with E-state index in [1.54, 1.807) is 6.92 Å². The Labute approximate surface area is 107 Å². The van der Waals surface area contributed by atoms with Gasteiger partial charge in [0.25, 0.3) is 0 Å². The highest BCUT2D eigenvalue weighted by Crippen LogP contribution is 2.21. The highest BCUT2D eigenvalue weighted by molar-refractivity contribution is 5.86. The van der Waals surface area contributed by atoms with Crippen LogP contribution in [0.2, 0.25) is 0 Å². The van der Waals surface area contributed by atoms with Crippen LogP contribution in [0.5, 0.6) is 0 Å². The van der Waals surface area contributed by atoms with Crippen LogP contribution >= 0.6 is 0 Å². The van der Waals surface area contributed by atoms with Gasteiger partial charge in [-0.15, -0.1) is 0 Å². The number of nitrogen functional groups attached to an aromatic ring is 1. The summed E-state index contributed by atoms with van der Waals surface area (Å²) in [5.41, 5.74) is 8.19. The van der Waals surface area contributed by atoms with E-state index in [4.69, 9.17) is 11.1 Å². The first-order chi connectivity index (χ1) is 8.61. The van der Waals surface area contributed by atoms with Gasteiger partial charge in [-0.1, -0.05) is 0 Å². The maximum Gasteiger partial charge on any atom is 0.219 e. The molecule has 0 bridgehead atoms. The van der Waals surface area contributed by atoms with Crippen molar-refractivity contribution in [3.05, 3.63) is 23.8 Å². The molecule has 18 heavy (non-hydrogen) atoms. The molecule has 0 radical (unpaired) electrons. The number of rotatable bonds is 2. The molecule has 1 aliphatic heterocycles. The molecule has 96 valence electrons. The van der Waals surface area contributed by atoms with Gasteiger partial charge in [0, 0.05) is 56.3 Å². The molecule has 1 amide bonds. The number of benzene rings is 1. The quantitative estimate of drug-likeness (QED) is 0.602. The number of nitrogens with two attached hydrogens (primary N) is 1. The van der Waals surface area contributed by atoms with Crippen molar-refractivity contribution in [1.29, 1.82) is 5.41 Å². The maximum atomic E-state index is 11.2. The van der Waals surface area contributed by atoms with Crippen LogP contribution in [-0.2, 0) is 4.79 Å². The first-order valence-electron chi connectivity index (χ1n) is 6.02. The molecule has 1 aromatic carbocycles. The van der Waals surface area contributed by atoms with E-state index >= 15 is 0 Å². The van der Waals surface area contributed by atoms with Crippen LogP contribution in [-0.4, -0.2) is 43.2 Å². The van der Waals surface area contributed by atoms with Crippen LogP contribution in [0.3, 0.4) is 0 Å². The summed E-state index contributed by atoms with van der Waals surface area (Å²) in [5, 5.41) is 7.31. The molecule has 0 unspecified atom stereocenters. The topological polar surface area (TPSA) is 73.4 Å². The van der Waals surface area contributed by atoms with Crippen LogP contribution in [0.4, 0.5) is 11.4 Å². The van der Waals surface area contributed by atoms with Crippen LogP contribution in [0.25, 0.3) is 0 Å². The Morgan fingerprint density at radius 1 is 1.33 bits per heavy atom. The molecule has 0 aliphatic carbocycles. The number of nitrogens with zero attached hydrogens (tertiary/aromatic N) is 2. The lowest BCUT2D eigenvalue weighted by Gasteiger charge is -2.35. The average molecular weight is 246 g/mol. The summed E-state index contributed by atoms with van der Waals surface area (Å²) in [5.74, 6) is 0.132. The normalized spacial score (nSPS) is 15.6. The van der Waals surface area contributed by atoms with E-state index in [2.05, 4.69) is 4.90 Å². The molecule has 5 heteroatoms. The van der Waals surface area contributed by atoms with Crippen molar-refractivity contribution in [1.82, 2.24) is 4.90 Å². The van der Waals surface area contributed by atoms with Gasteiger partial charge in [0.05, 0.1) is 0 Å². The second-order valence-corrected chi connectivity index (χ2v) is 4.45. The Hall–Kier alpha value is -2.04. The predicted octanol–water partition coefficient (Wildman–Crippen LogP) is 0.935. The monoisotopic (exact) mass is 246 g/mol. The van der Waals surface area contributed by atoms with Crippen molar-refractivity contribution in [3.8, 4) is 0 Å². The fourth-order valence-electron chi connectivity index (χ4n) is 2.16. The van der Waals surface area contributed by atoms with Gasteiger partial charge in [0.1, 0.15) is 0 Å². The Kier molecular flexibility index (Phi) is 3.50. The van der Waals surface area contributed by atoms with Crippen LogP contribution < -0.4 is 10.6 Å². The fraction of sp³-hybridized carbons (Fsp3) is 0.385. The van der Waals surface area contributed by atoms with Crippen molar-refractivity contribution in [3.63, 3.8) is 0 Å². The molecule has 1 aliphatic rings. The number of amides is 1. The Bertz CT molecular complexity index is 464. The molecule has 1 fully saturated rings. The van der Waals surface area contributed by atoms with Crippen LogP contribution in [0.1, 0.15) is 12.5 Å². The summed E-state index contributed by atoms with van der Waals surface area (Å²) < 4.78 is 0. The maximum absolute atomic E-state index is 11.2. The first-order valence-corrected chi connectivity index (χ1v) is 6.02. The van der Waals surface area contributed by atoms with E-state index in [-0.39, 0.29) is 5.91 Å². The van der Waals surface area contributed by atoms with Gasteiger partial charge in [-0.2, -0.15) is 0 Å². The third-order valence-corrected chi connectivity index (χ3v) is 3.32. The Balaban J connectivity index is 2.10. The van der Waals surface area contributed by atoms with Crippen molar-refractivity contribution < 1.29 is 4.79 Å². The summed E-state index contributed by atoms with van der Waals surface area (Å²) >= 11 is 0. The zero-order valence-electron chi connectivity index (χ0n) is 10.5. The van der Waals surface area contributed by atoms with Gasteiger partial charge < -0.3 is 20.9 Å². The molecule has 5 nitrogen and oxygen atoms in total. The zero-order chi connectivity index (χ0) is 13.1. The zero-order valence-corrected chi connectivity index (χ0v) is 10.5. The summed E-state index contributed by atoms with van der Waals surface area (Å²) in [6.07, 6.45) is 1.27. The minimum atomic E-state index is 0.132. The van der Waals surface area contributed by atoms with Crippen molar-refractivity contribution in [2.24, 2.45) is 0 Å². The Morgan fingerprint density at radius 3 is 2.56 bits per heavy atom. The van der Waals surface area contributed by atoms with Gasteiger partial charge in [0.15, 0.2) is 0 Å². The number of hydrogen-bond donors (Lipinski definition) is 2. The molecule has 1 heterocycles. The van der Waals surface area contributed by atoms with Crippen molar-refractivity contribution >= 4 is 23.5 Å². The largest absolute Gasteiger partial charge is 0.398 e. The molecular weight excluding hydrogens is 228 g/mol. The predicted molar refractivity (Wildman–Crippen MR) is 73.2 cm³/mol. The lowest BCUT2D eigenvalue weighted by atomic mass is 10.1. The van der Waals surface area contributed by atoms with E-state index in [0.29, 0.717) is 5.69 Å². The third kappa shape index (κ3) is 2.45. The number of carbonyl (C=O) groups is 1. The SMILES string of the molecule is CC(=O)N1CCN(c2ccc(N)c(C=N)c2)CC1. The average Bonchev–Trinajstić information content (AvgIpc) is 2.39. The highest BCUT2D eigenvalue weighted by atomic mass is 16.2. The van der Waals surface area contributed by atoms with E-state index in [1.165, 1.54) is 6.21 Å². The van der Waals surface area contributed by atoms with Crippen LogP contribution in [0.15, 0.2) is 18.2 Å².